The van der Waals surface area contributed by atoms with Crippen LogP contribution in [0.4, 0.5) is 17.2 Å². The average molecular weight is 548 g/mol. The quantitative estimate of drug-likeness (QED) is 0.357. The number of pyridine rings is 1. The Morgan fingerprint density at radius 2 is 1.71 bits per heavy atom. The van der Waals surface area contributed by atoms with Crippen molar-refractivity contribution >= 4 is 46.2 Å². The standard InChI is InChI=1S/C30H32Cl2N6/c1-3-27(31)30-34-21(2)33-25-7-4-6-22(17-25)10-11-23-16-24(19-26(18-23)35-30)20-37-12-14-38(15-13-37)29-9-5-8-28(32)36-29/h3-9,16-19,33H,2,10-15,20H2,1H3,(H,34,35)/b27-3+. The van der Waals surface area contributed by atoms with Gasteiger partial charge in [0.15, 0.2) is 5.84 Å². The van der Waals surface area contributed by atoms with Gasteiger partial charge in [0.2, 0.25) is 0 Å². The van der Waals surface area contributed by atoms with Crippen molar-refractivity contribution < 1.29 is 0 Å². The fraction of sp³-hybridized carbons (Fsp3) is 0.267. The number of aryl methyl sites for hydroxylation is 2. The number of amidine groups is 1. The fourth-order valence-electron chi connectivity index (χ4n) is 4.87. The molecule has 3 aromatic rings. The molecule has 1 saturated heterocycles. The van der Waals surface area contributed by atoms with Crippen LogP contribution in [0.25, 0.3) is 0 Å². The smallest absolute Gasteiger partial charge is 0.151 e. The number of aromatic nitrogens is 1. The molecule has 3 heterocycles. The van der Waals surface area contributed by atoms with E-state index in [1.54, 1.807) is 0 Å². The minimum absolute atomic E-state index is 0.521. The second-order valence-corrected chi connectivity index (χ2v) is 10.4. The predicted octanol–water partition coefficient (Wildman–Crippen LogP) is 6.69. The van der Waals surface area contributed by atoms with Crippen LogP contribution in [-0.2, 0) is 19.4 Å². The molecule has 1 aromatic heterocycles. The summed E-state index contributed by atoms with van der Waals surface area (Å²) in [4.78, 5) is 13.9. The molecule has 2 aromatic carbocycles. The van der Waals surface area contributed by atoms with Gasteiger partial charge in [-0.1, -0.05) is 60.1 Å². The third-order valence-electron chi connectivity index (χ3n) is 6.76. The molecule has 0 spiro atoms. The van der Waals surface area contributed by atoms with Crippen LogP contribution in [0.1, 0.15) is 23.6 Å². The SMILES string of the molecule is C=C1/N=C(\C(Cl)=C/C)Nc2cc(cc(CN3CCN(c4cccc(Cl)n4)CC3)c2)CCc2cccc(c2)N1. The number of hydrogen-bond acceptors (Lipinski definition) is 6. The number of allylic oxidation sites excluding steroid dienone is 1. The minimum atomic E-state index is 0.521. The van der Waals surface area contributed by atoms with Crippen molar-refractivity contribution in [2.24, 2.45) is 4.99 Å². The third-order valence-corrected chi connectivity index (χ3v) is 7.37. The van der Waals surface area contributed by atoms with E-state index in [9.17, 15) is 0 Å². The summed E-state index contributed by atoms with van der Waals surface area (Å²) in [7, 11) is 0. The van der Waals surface area contributed by atoms with Gasteiger partial charge in [-0.3, -0.25) is 4.90 Å². The Labute approximate surface area is 234 Å². The molecule has 0 atom stereocenters. The summed E-state index contributed by atoms with van der Waals surface area (Å²) in [5, 5.41) is 7.82. The van der Waals surface area contributed by atoms with Gasteiger partial charge in [0.25, 0.3) is 0 Å². The van der Waals surface area contributed by atoms with E-state index in [0.717, 1.165) is 62.8 Å². The zero-order valence-corrected chi connectivity index (χ0v) is 23.1. The Morgan fingerprint density at radius 1 is 0.947 bits per heavy atom. The number of benzene rings is 2. The van der Waals surface area contributed by atoms with Crippen molar-refractivity contribution in [2.45, 2.75) is 26.3 Å². The Balaban J connectivity index is 1.38. The summed E-state index contributed by atoms with van der Waals surface area (Å²) < 4.78 is 0. The van der Waals surface area contributed by atoms with Gasteiger partial charge >= 0.3 is 0 Å². The number of hydrogen-bond donors (Lipinski definition) is 2. The van der Waals surface area contributed by atoms with Gasteiger partial charge < -0.3 is 15.5 Å². The monoisotopic (exact) mass is 546 g/mol. The Kier molecular flexibility index (Phi) is 8.32. The molecule has 0 unspecified atom stereocenters. The van der Waals surface area contributed by atoms with Crippen molar-refractivity contribution in [3.8, 4) is 0 Å². The van der Waals surface area contributed by atoms with Crippen molar-refractivity contribution in [3.05, 3.63) is 106 Å². The van der Waals surface area contributed by atoms with Gasteiger partial charge in [-0.2, -0.15) is 0 Å². The number of halogens is 2. The highest BCUT2D eigenvalue weighted by Gasteiger charge is 2.19. The first-order valence-corrected chi connectivity index (χ1v) is 13.7. The van der Waals surface area contributed by atoms with E-state index in [2.05, 4.69) is 73.4 Å². The lowest BCUT2D eigenvalue weighted by atomic mass is 10.0. The molecule has 1 fully saturated rings. The van der Waals surface area contributed by atoms with Crippen LogP contribution in [0.15, 0.2) is 89.2 Å². The zero-order valence-electron chi connectivity index (χ0n) is 21.6. The van der Waals surface area contributed by atoms with Crippen molar-refractivity contribution in [1.82, 2.24) is 9.88 Å². The summed E-state index contributed by atoms with van der Waals surface area (Å²) in [5.41, 5.74) is 5.74. The molecule has 2 N–H and O–H groups in total. The van der Waals surface area contributed by atoms with Crippen molar-refractivity contribution in [2.75, 3.05) is 41.7 Å². The maximum absolute atomic E-state index is 6.55. The molecule has 6 nitrogen and oxygen atoms in total. The number of aliphatic imine (C=N–C) groups is 1. The molecule has 0 aliphatic carbocycles. The molecule has 196 valence electrons. The van der Waals surface area contributed by atoms with Gasteiger partial charge in [0.05, 0.1) is 5.03 Å². The Bertz CT molecular complexity index is 1370. The molecule has 38 heavy (non-hydrogen) atoms. The van der Waals surface area contributed by atoms with E-state index in [-0.39, 0.29) is 0 Å². The fourth-order valence-corrected chi connectivity index (χ4v) is 5.12. The predicted molar refractivity (Wildman–Crippen MR) is 160 cm³/mol. The van der Waals surface area contributed by atoms with E-state index < -0.39 is 0 Å². The van der Waals surface area contributed by atoms with E-state index in [4.69, 9.17) is 23.2 Å². The summed E-state index contributed by atoms with van der Waals surface area (Å²) in [6, 6.07) is 20.9. The van der Waals surface area contributed by atoms with E-state index >= 15 is 0 Å². The lowest BCUT2D eigenvalue weighted by Gasteiger charge is -2.35. The first-order valence-electron chi connectivity index (χ1n) is 12.9. The first kappa shape index (κ1) is 26.3. The van der Waals surface area contributed by atoms with E-state index in [1.807, 2.05) is 37.3 Å². The van der Waals surface area contributed by atoms with Crippen molar-refractivity contribution in [1.29, 1.82) is 0 Å². The van der Waals surface area contributed by atoms with Crippen LogP contribution in [0.5, 0.6) is 0 Å². The lowest BCUT2D eigenvalue weighted by Crippen LogP contribution is -2.46. The molecule has 2 aliphatic rings. The molecule has 0 saturated carbocycles. The normalized spacial score (nSPS) is 18.3. The van der Waals surface area contributed by atoms with Crippen molar-refractivity contribution in [3.63, 3.8) is 0 Å². The van der Waals surface area contributed by atoms with Gasteiger partial charge in [-0.05, 0) is 72.9 Å². The molecular formula is C30H32Cl2N6. The molecule has 0 radical (unpaired) electrons. The largest absolute Gasteiger partial charge is 0.354 e. The number of fused-ring (bicyclic) bond motifs is 4. The molecule has 4 bridgehead atoms. The maximum Gasteiger partial charge on any atom is 0.151 e. The topological polar surface area (TPSA) is 55.8 Å². The van der Waals surface area contributed by atoms with Crippen LogP contribution in [0.3, 0.4) is 0 Å². The van der Waals surface area contributed by atoms with Gasteiger partial charge in [0.1, 0.15) is 16.8 Å². The third kappa shape index (κ3) is 6.76. The zero-order chi connectivity index (χ0) is 26.5. The highest BCUT2D eigenvalue weighted by atomic mass is 35.5. The number of nitrogens with zero attached hydrogens (tertiary/aromatic N) is 4. The highest BCUT2D eigenvalue weighted by Crippen LogP contribution is 2.24. The molecule has 8 heteroatoms. The number of rotatable bonds is 4. The molecular weight excluding hydrogens is 515 g/mol. The summed E-state index contributed by atoms with van der Waals surface area (Å²) >= 11 is 12.7. The molecule has 5 rings (SSSR count). The van der Waals surface area contributed by atoms with Gasteiger partial charge in [-0.25, -0.2) is 9.98 Å². The van der Waals surface area contributed by atoms with Crippen LogP contribution in [0, 0.1) is 0 Å². The summed E-state index contributed by atoms with van der Waals surface area (Å²) in [6.45, 7) is 10.6. The Morgan fingerprint density at radius 3 is 2.50 bits per heavy atom. The second-order valence-electron chi connectivity index (χ2n) is 9.61. The van der Waals surface area contributed by atoms with E-state index in [1.165, 1.54) is 16.7 Å². The van der Waals surface area contributed by atoms with E-state index in [0.29, 0.717) is 21.8 Å². The maximum atomic E-state index is 6.55. The molecule has 0 amide bonds. The van der Waals surface area contributed by atoms with Crippen LogP contribution >= 0.6 is 23.2 Å². The number of anilines is 3. The molecule has 2 aliphatic heterocycles. The summed E-state index contributed by atoms with van der Waals surface area (Å²) in [5.74, 6) is 2.02. The second kappa shape index (κ2) is 12.0. The van der Waals surface area contributed by atoms with Crippen LogP contribution in [0.2, 0.25) is 5.15 Å². The number of piperazine rings is 1. The highest BCUT2D eigenvalue weighted by molar-refractivity contribution is 6.45. The Hall–Kier alpha value is -3.32. The average Bonchev–Trinajstić information content (AvgIpc) is 2.91. The summed E-state index contributed by atoms with van der Waals surface area (Å²) in [6.07, 6.45) is 3.71. The van der Waals surface area contributed by atoms with Gasteiger partial charge in [-0.15, -0.1) is 0 Å². The first-order chi connectivity index (χ1) is 18.4. The minimum Gasteiger partial charge on any atom is -0.354 e. The van der Waals surface area contributed by atoms with Crippen LogP contribution < -0.4 is 15.5 Å². The lowest BCUT2D eigenvalue weighted by molar-refractivity contribution is 0.249. The number of nitrogens with one attached hydrogen (secondary N) is 2. The van der Waals surface area contributed by atoms with Crippen LogP contribution in [-0.4, -0.2) is 41.9 Å². The van der Waals surface area contributed by atoms with Gasteiger partial charge in [0, 0.05) is 44.1 Å².